The Morgan fingerprint density at radius 1 is 1.06 bits per heavy atom. The van der Waals surface area contributed by atoms with Crippen molar-refractivity contribution in [2.24, 2.45) is 0 Å². The van der Waals surface area contributed by atoms with E-state index in [1.807, 2.05) is 43.3 Å². The fourth-order valence-corrected chi connectivity index (χ4v) is 3.53. The molecule has 0 saturated carbocycles. The number of urea groups is 1. The van der Waals surface area contributed by atoms with Gasteiger partial charge in [-0.1, -0.05) is 64.0 Å². The summed E-state index contributed by atoms with van der Waals surface area (Å²) in [4.78, 5) is 38.9. The number of carbonyl (C=O) groups excluding carboxylic acids is 1. The molecule has 0 radical (unpaired) electrons. The number of amides is 2. The molecule has 2 aromatic carbocycles. The van der Waals surface area contributed by atoms with Gasteiger partial charge in [-0.05, 0) is 36.2 Å². The Bertz CT molecular complexity index is 1140. The SMILES string of the molecule is Cc1ccc([C@H](CC(=O)O)NC(=O)Nc2ccc(Cc3ccccc3Br)[nH]c2=O)cc1. The van der Waals surface area contributed by atoms with E-state index in [4.69, 9.17) is 0 Å². The number of carbonyl (C=O) groups is 2. The van der Waals surface area contributed by atoms with Crippen molar-refractivity contribution in [3.63, 3.8) is 0 Å². The summed E-state index contributed by atoms with van der Waals surface area (Å²) in [6.07, 6.45) is 0.245. The van der Waals surface area contributed by atoms with Crippen LogP contribution in [0.3, 0.4) is 0 Å². The van der Waals surface area contributed by atoms with Crippen LogP contribution in [0.25, 0.3) is 0 Å². The van der Waals surface area contributed by atoms with Crippen molar-refractivity contribution in [3.8, 4) is 0 Å². The van der Waals surface area contributed by atoms with Crippen molar-refractivity contribution in [2.45, 2.75) is 25.8 Å². The topological polar surface area (TPSA) is 111 Å². The van der Waals surface area contributed by atoms with Crippen molar-refractivity contribution in [3.05, 3.63) is 97.9 Å². The number of carboxylic acids is 1. The van der Waals surface area contributed by atoms with Crippen molar-refractivity contribution < 1.29 is 14.7 Å². The van der Waals surface area contributed by atoms with Gasteiger partial charge in [-0.15, -0.1) is 0 Å². The van der Waals surface area contributed by atoms with E-state index in [2.05, 4.69) is 31.5 Å². The molecule has 0 aliphatic rings. The number of H-pyrrole nitrogens is 1. The van der Waals surface area contributed by atoms with Crippen LogP contribution in [0.5, 0.6) is 0 Å². The second kappa shape index (κ2) is 10.1. The Hall–Kier alpha value is -3.39. The van der Waals surface area contributed by atoms with Gasteiger partial charge in [-0.2, -0.15) is 0 Å². The average Bonchev–Trinajstić information content (AvgIpc) is 2.71. The lowest BCUT2D eigenvalue weighted by Gasteiger charge is -2.18. The first-order valence-electron chi connectivity index (χ1n) is 9.63. The predicted octanol–water partition coefficient (Wildman–Crippen LogP) is 4.37. The van der Waals surface area contributed by atoms with Crippen molar-refractivity contribution >= 4 is 33.6 Å². The maximum atomic E-state index is 12.4. The molecule has 7 nitrogen and oxygen atoms in total. The molecule has 3 rings (SSSR count). The standard InChI is InChI=1S/C23H22BrN3O4/c1-14-6-8-15(9-7-14)20(13-21(28)29)27-23(31)26-19-11-10-17(25-22(19)30)12-16-4-2-3-5-18(16)24/h2-11,20H,12-13H2,1H3,(H,25,30)(H,28,29)(H2,26,27,31)/t20-/m0/s1. The summed E-state index contributed by atoms with van der Waals surface area (Å²) in [7, 11) is 0. The molecule has 0 aliphatic carbocycles. The van der Waals surface area contributed by atoms with Gasteiger partial charge in [0, 0.05) is 16.6 Å². The van der Waals surface area contributed by atoms with Crippen LogP contribution >= 0.6 is 15.9 Å². The summed E-state index contributed by atoms with van der Waals surface area (Å²) in [6, 6.07) is 16.8. The van der Waals surface area contributed by atoms with E-state index in [9.17, 15) is 19.5 Å². The van der Waals surface area contributed by atoms with Crippen LogP contribution in [-0.2, 0) is 11.2 Å². The summed E-state index contributed by atoms with van der Waals surface area (Å²) in [5.41, 5.74) is 3.05. The second-order valence-corrected chi connectivity index (χ2v) is 8.01. The number of hydrogen-bond donors (Lipinski definition) is 4. The molecule has 4 N–H and O–H groups in total. The maximum Gasteiger partial charge on any atom is 0.319 e. The molecule has 160 valence electrons. The van der Waals surface area contributed by atoms with E-state index in [1.54, 1.807) is 18.2 Å². The van der Waals surface area contributed by atoms with Gasteiger partial charge in [-0.25, -0.2) is 4.79 Å². The molecule has 0 spiro atoms. The van der Waals surface area contributed by atoms with E-state index >= 15 is 0 Å². The minimum absolute atomic E-state index is 0.0753. The molecule has 0 fully saturated rings. The summed E-state index contributed by atoms with van der Waals surface area (Å²) >= 11 is 3.48. The van der Waals surface area contributed by atoms with Gasteiger partial charge >= 0.3 is 12.0 Å². The van der Waals surface area contributed by atoms with Crippen LogP contribution < -0.4 is 16.2 Å². The quantitative estimate of drug-likeness (QED) is 0.399. The minimum Gasteiger partial charge on any atom is -0.481 e. The third kappa shape index (κ3) is 6.29. The highest BCUT2D eigenvalue weighted by atomic mass is 79.9. The number of aryl methyl sites for hydroxylation is 1. The Morgan fingerprint density at radius 3 is 2.42 bits per heavy atom. The van der Waals surface area contributed by atoms with Crippen molar-refractivity contribution in [2.75, 3.05) is 5.32 Å². The Kier molecular flexibility index (Phi) is 7.25. The Balaban J connectivity index is 1.70. The zero-order valence-corrected chi connectivity index (χ0v) is 18.4. The van der Waals surface area contributed by atoms with Gasteiger partial charge in [0.25, 0.3) is 5.56 Å². The van der Waals surface area contributed by atoms with Crippen LogP contribution in [0.15, 0.2) is 69.9 Å². The third-order valence-electron chi connectivity index (χ3n) is 4.72. The summed E-state index contributed by atoms with van der Waals surface area (Å²) in [5, 5.41) is 14.3. The van der Waals surface area contributed by atoms with Gasteiger partial charge < -0.3 is 20.7 Å². The number of benzene rings is 2. The van der Waals surface area contributed by atoms with E-state index < -0.39 is 23.6 Å². The third-order valence-corrected chi connectivity index (χ3v) is 5.49. The first-order valence-corrected chi connectivity index (χ1v) is 10.4. The molecular formula is C23H22BrN3O4. The number of nitrogens with one attached hydrogen (secondary N) is 3. The molecular weight excluding hydrogens is 462 g/mol. The van der Waals surface area contributed by atoms with E-state index in [0.29, 0.717) is 17.7 Å². The van der Waals surface area contributed by atoms with Gasteiger partial charge in [-0.3, -0.25) is 9.59 Å². The molecule has 1 heterocycles. The van der Waals surface area contributed by atoms with Crippen LogP contribution in [-0.4, -0.2) is 22.1 Å². The lowest BCUT2D eigenvalue weighted by molar-refractivity contribution is -0.137. The number of hydrogen-bond acceptors (Lipinski definition) is 3. The van der Waals surface area contributed by atoms with Crippen LogP contribution in [0.4, 0.5) is 10.5 Å². The number of pyridine rings is 1. The minimum atomic E-state index is -1.04. The number of halogens is 1. The molecule has 0 bridgehead atoms. The highest BCUT2D eigenvalue weighted by Crippen LogP contribution is 2.19. The number of rotatable bonds is 7. The normalized spacial score (nSPS) is 11.5. The highest BCUT2D eigenvalue weighted by Gasteiger charge is 2.18. The first kappa shape index (κ1) is 22.3. The Morgan fingerprint density at radius 2 is 1.77 bits per heavy atom. The second-order valence-electron chi connectivity index (χ2n) is 7.15. The van der Waals surface area contributed by atoms with Gasteiger partial charge in [0.1, 0.15) is 5.69 Å². The maximum absolute atomic E-state index is 12.4. The van der Waals surface area contributed by atoms with Gasteiger partial charge in [0.2, 0.25) is 0 Å². The van der Waals surface area contributed by atoms with Crippen molar-refractivity contribution in [1.82, 2.24) is 10.3 Å². The smallest absolute Gasteiger partial charge is 0.319 e. The molecule has 8 heteroatoms. The van der Waals surface area contributed by atoms with Crippen LogP contribution in [0.1, 0.15) is 34.8 Å². The molecule has 31 heavy (non-hydrogen) atoms. The number of aliphatic carboxylic acids is 1. The highest BCUT2D eigenvalue weighted by molar-refractivity contribution is 9.10. The van der Waals surface area contributed by atoms with Gasteiger partial charge in [0.05, 0.1) is 12.5 Å². The monoisotopic (exact) mass is 483 g/mol. The Labute approximate surface area is 187 Å². The molecule has 2 amide bonds. The van der Waals surface area contributed by atoms with Gasteiger partial charge in [0.15, 0.2) is 0 Å². The summed E-state index contributed by atoms with van der Waals surface area (Å²) in [5.74, 6) is -1.04. The van der Waals surface area contributed by atoms with Crippen LogP contribution in [0.2, 0.25) is 0 Å². The van der Waals surface area contributed by atoms with E-state index in [0.717, 1.165) is 15.6 Å². The fourth-order valence-electron chi connectivity index (χ4n) is 3.11. The zero-order chi connectivity index (χ0) is 22.4. The first-order chi connectivity index (χ1) is 14.8. The van der Waals surface area contributed by atoms with E-state index in [1.165, 1.54) is 6.07 Å². The summed E-state index contributed by atoms with van der Waals surface area (Å²) < 4.78 is 0.943. The summed E-state index contributed by atoms with van der Waals surface area (Å²) in [6.45, 7) is 1.92. The van der Waals surface area contributed by atoms with E-state index in [-0.39, 0.29) is 12.1 Å². The number of carboxylic acid groups (broad SMARTS) is 1. The number of anilines is 1. The largest absolute Gasteiger partial charge is 0.481 e. The molecule has 3 aromatic rings. The fraction of sp³-hybridized carbons (Fsp3) is 0.174. The number of aromatic nitrogens is 1. The molecule has 0 aliphatic heterocycles. The molecule has 0 saturated heterocycles. The lowest BCUT2D eigenvalue weighted by Crippen LogP contribution is -2.35. The van der Waals surface area contributed by atoms with Crippen LogP contribution in [0, 0.1) is 6.92 Å². The lowest BCUT2D eigenvalue weighted by atomic mass is 10.0. The zero-order valence-electron chi connectivity index (χ0n) is 16.8. The molecule has 1 atom stereocenters. The molecule has 1 aromatic heterocycles. The average molecular weight is 484 g/mol. The van der Waals surface area contributed by atoms with Crippen molar-refractivity contribution in [1.29, 1.82) is 0 Å². The molecule has 0 unspecified atom stereocenters. The predicted molar refractivity (Wildman–Crippen MR) is 122 cm³/mol. The number of aromatic amines is 1.